The van der Waals surface area contributed by atoms with E-state index in [9.17, 15) is 16.8 Å². The molecule has 0 unspecified atom stereocenters. The van der Waals surface area contributed by atoms with Gasteiger partial charge in [-0.05, 0) is 49.9 Å². The van der Waals surface area contributed by atoms with Crippen molar-refractivity contribution in [1.82, 2.24) is 0 Å². The molecule has 0 heterocycles. The van der Waals surface area contributed by atoms with Crippen LogP contribution < -0.4 is 10.9 Å². The minimum Gasteiger partial charge on any atom is -0.399 e. The first kappa shape index (κ1) is 16.9. The van der Waals surface area contributed by atoms with Crippen molar-refractivity contribution in [3.05, 3.63) is 23.3 Å². The van der Waals surface area contributed by atoms with E-state index in [0.29, 0.717) is 16.8 Å². The Balaban J connectivity index is 2.82. The monoisotopic (exact) mass is 320 g/mol. The number of benzene rings is 1. The summed E-state index contributed by atoms with van der Waals surface area (Å²) in [5.74, 6) is -0.311. The molecule has 0 saturated heterocycles. The van der Waals surface area contributed by atoms with Gasteiger partial charge in [-0.25, -0.2) is 22.0 Å². The largest absolute Gasteiger partial charge is 0.399 e. The van der Waals surface area contributed by atoms with Gasteiger partial charge < -0.3 is 5.73 Å². The van der Waals surface area contributed by atoms with Crippen LogP contribution in [0.2, 0.25) is 0 Å². The first-order valence-corrected chi connectivity index (χ1v) is 9.49. The Kier molecular flexibility index (Phi) is 5.17. The van der Waals surface area contributed by atoms with Gasteiger partial charge in [0.2, 0.25) is 10.0 Å². The van der Waals surface area contributed by atoms with Crippen LogP contribution in [-0.2, 0) is 19.9 Å². The van der Waals surface area contributed by atoms with E-state index in [-0.39, 0.29) is 29.2 Å². The van der Waals surface area contributed by atoms with Crippen LogP contribution >= 0.6 is 0 Å². The highest BCUT2D eigenvalue weighted by Crippen LogP contribution is 2.23. The van der Waals surface area contributed by atoms with Gasteiger partial charge in [0.15, 0.2) is 9.84 Å². The number of sulfonamides is 1. The number of sulfone groups is 1. The van der Waals surface area contributed by atoms with Crippen LogP contribution in [0.3, 0.4) is 0 Å². The molecule has 0 amide bonds. The molecule has 1 aromatic carbocycles. The molecular weight excluding hydrogens is 300 g/mol. The maximum atomic E-state index is 12.2. The molecule has 0 aliphatic carbocycles. The molecule has 0 aliphatic rings. The quantitative estimate of drug-likeness (QED) is 0.591. The second kappa shape index (κ2) is 6.11. The molecule has 0 atom stereocenters. The SMILES string of the molecule is Cc1cc(S(=O)(=O)CCCCS(N)(=O)=O)c(C)cc1N. The normalized spacial score (nSPS) is 12.6. The zero-order valence-electron chi connectivity index (χ0n) is 11.6. The maximum absolute atomic E-state index is 12.2. The van der Waals surface area contributed by atoms with E-state index in [4.69, 9.17) is 10.9 Å². The number of nitrogens with two attached hydrogens (primary N) is 2. The van der Waals surface area contributed by atoms with Crippen LogP contribution in [0, 0.1) is 13.8 Å². The molecule has 0 bridgehead atoms. The molecule has 1 rings (SSSR count). The highest BCUT2D eigenvalue weighted by Gasteiger charge is 2.18. The zero-order chi connectivity index (χ0) is 15.6. The van der Waals surface area contributed by atoms with E-state index in [0.717, 1.165) is 0 Å². The van der Waals surface area contributed by atoms with Crippen molar-refractivity contribution < 1.29 is 16.8 Å². The van der Waals surface area contributed by atoms with Crippen molar-refractivity contribution >= 4 is 25.5 Å². The number of primary sulfonamides is 1. The van der Waals surface area contributed by atoms with Crippen molar-refractivity contribution in [1.29, 1.82) is 0 Å². The van der Waals surface area contributed by atoms with Crippen molar-refractivity contribution in [2.24, 2.45) is 5.14 Å². The minimum absolute atomic E-state index is 0.104. The highest BCUT2D eigenvalue weighted by molar-refractivity contribution is 7.91. The molecule has 0 aliphatic heterocycles. The Bertz CT molecular complexity index is 694. The van der Waals surface area contributed by atoms with Crippen LogP contribution in [0.5, 0.6) is 0 Å². The molecule has 0 saturated carbocycles. The summed E-state index contributed by atoms with van der Waals surface area (Å²) in [6.45, 7) is 3.43. The number of unbranched alkanes of at least 4 members (excludes halogenated alkanes) is 1. The lowest BCUT2D eigenvalue weighted by atomic mass is 10.1. The standard InChI is InChI=1S/C12H20N2O4S2/c1-9-8-12(10(2)7-11(9)13)19(15,16)5-3-4-6-20(14,17)18/h7-8H,3-6,13H2,1-2H3,(H2,14,17,18). The fourth-order valence-corrected chi connectivity index (χ4v) is 4.17. The van der Waals surface area contributed by atoms with Crippen LogP contribution in [0.1, 0.15) is 24.0 Å². The van der Waals surface area contributed by atoms with Crippen LogP contribution in [0.25, 0.3) is 0 Å². The molecule has 1 aromatic rings. The van der Waals surface area contributed by atoms with Gasteiger partial charge in [-0.2, -0.15) is 0 Å². The molecule has 0 spiro atoms. The Morgan fingerprint density at radius 2 is 1.50 bits per heavy atom. The van der Waals surface area contributed by atoms with Gasteiger partial charge in [0.05, 0.1) is 16.4 Å². The molecule has 20 heavy (non-hydrogen) atoms. The fraction of sp³-hybridized carbons (Fsp3) is 0.500. The Hall–Kier alpha value is -1.12. The summed E-state index contributed by atoms with van der Waals surface area (Å²) in [5.41, 5.74) is 7.58. The minimum atomic E-state index is -3.54. The van der Waals surface area contributed by atoms with Gasteiger partial charge in [-0.1, -0.05) is 0 Å². The molecular formula is C12H20N2O4S2. The third kappa shape index (κ3) is 4.77. The summed E-state index contributed by atoms with van der Waals surface area (Å²) in [7, 11) is -6.98. The molecule has 8 heteroatoms. The average Bonchev–Trinajstić information content (AvgIpc) is 2.28. The second-order valence-electron chi connectivity index (χ2n) is 4.87. The topological polar surface area (TPSA) is 120 Å². The van der Waals surface area contributed by atoms with E-state index in [2.05, 4.69) is 0 Å². The highest BCUT2D eigenvalue weighted by atomic mass is 32.2. The van der Waals surface area contributed by atoms with Crippen LogP contribution in [0.15, 0.2) is 17.0 Å². The van der Waals surface area contributed by atoms with Crippen LogP contribution in [-0.4, -0.2) is 28.3 Å². The van der Waals surface area contributed by atoms with Crippen molar-refractivity contribution in [2.45, 2.75) is 31.6 Å². The molecule has 114 valence electrons. The molecule has 4 N–H and O–H groups in total. The third-order valence-electron chi connectivity index (χ3n) is 2.99. The van der Waals surface area contributed by atoms with Crippen LogP contribution in [0.4, 0.5) is 5.69 Å². The summed E-state index contributed by atoms with van der Waals surface area (Å²) >= 11 is 0. The van der Waals surface area contributed by atoms with E-state index in [1.807, 2.05) is 0 Å². The van der Waals surface area contributed by atoms with E-state index < -0.39 is 19.9 Å². The third-order valence-corrected chi connectivity index (χ3v) is 5.78. The van der Waals surface area contributed by atoms with Crippen molar-refractivity contribution in [3.63, 3.8) is 0 Å². The number of nitrogen functional groups attached to an aromatic ring is 1. The molecule has 0 fully saturated rings. The second-order valence-corrected chi connectivity index (χ2v) is 8.68. The summed E-state index contributed by atoms with van der Waals surface area (Å²) in [6, 6.07) is 3.19. The summed E-state index contributed by atoms with van der Waals surface area (Å²) in [6.07, 6.45) is 0.479. The first-order valence-electron chi connectivity index (χ1n) is 6.13. The lowest BCUT2D eigenvalue weighted by molar-refractivity contribution is 0.585. The Morgan fingerprint density at radius 1 is 0.950 bits per heavy atom. The van der Waals surface area contributed by atoms with Crippen molar-refractivity contribution in [3.8, 4) is 0 Å². The van der Waals surface area contributed by atoms with Gasteiger partial charge in [0.25, 0.3) is 0 Å². The van der Waals surface area contributed by atoms with Gasteiger partial charge >= 0.3 is 0 Å². The Labute approximate surface area is 120 Å². The Morgan fingerprint density at radius 3 is 2.05 bits per heavy atom. The van der Waals surface area contributed by atoms with E-state index >= 15 is 0 Å². The summed E-state index contributed by atoms with van der Waals surface area (Å²) < 4.78 is 46.0. The number of anilines is 1. The number of hydrogen-bond acceptors (Lipinski definition) is 5. The van der Waals surface area contributed by atoms with Gasteiger partial charge in [-0.15, -0.1) is 0 Å². The molecule has 0 aromatic heterocycles. The zero-order valence-corrected chi connectivity index (χ0v) is 13.2. The van der Waals surface area contributed by atoms with Crippen molar-refractivity contribution in [2.75, 3.05) is 17.2 Å². The predicted octanol–water partition coefficient (Wildman–Crippen LogP) is 0.728. The number of rotatable bonds is 6. The fourth-order valence-electron chi connectivity index (χ4n) is 1.85. The van der Waals surface area contributed by atoms with E-state index in [1.54, 1.807) is 26.0 Å². The molecule has 6 nitrogen and oxygen atoms in total. The smallest absolute Gasteiger partial charge is 0.209 e. The van der Waals surface area contributed by atoms with Gasteiger partial charge in [0, 0.05) is 5.69 Å². The predicted molar refractivity (Wildman–Crippen MR) is 79.6 cm³/mol. The average molecular weight is 320 g/mol. The first-order chi connectivity index (χ1) is 9.03. The summed E-state index contributed by atoms with van der Waals surface area (Å²) in [4.78, 5) is 0.250. The number of aryl methyl sites for hydroxylation is 2. The molecule has 0 radical (unpaired) electrons. The van der Waals surface area contributed by atoms with E-state index in [1.165, 1.54) is 0 Å². The maximum Gasteiger partial charge on any atom is 0.209 e. The van der Waals surface area contributed by atoms with Gasteiger partial charge in [-0.3, -0.25) is 0 Å². The lowest BCUT2D eigenvalue weighted by Gasteiger charge is -2.10. The van der Waals surface area contributed by atoms with Gasteiger partial charge in [0.1, 0.15) is 0 Å². The number of hydrogen-bond donors (Lipinski definition) is 2. The lowest BCUT2D eigenvalue weighted by Crippen LogP contribution is -2.17. The summed E-state index contributed by atoms with van der Waals surface area (Å²) in [5, 5.41) is 4.87.